The van der Waals surface area contributed by atoms with Gasteiger partial charge in [0, 0.05) is 5.56 Å². The second-order valence-corrected chi connectivity index (χ2v) is 10.4. The zero-order chi connectivity index (χ0) is 23.3. The van der Waals surface area contributed by atoms with Crippen molar-refractivity contribution in [3.8, 4) is 5.88 Å². The maximum atomic E-state index is 13.0. The van der Waals surface area contributed by atoms with Gasteiger partial charge in [-0.3, -0.25) is 13.9 Å². The Morgan fingerprint density at radius 1 is 1.09 bits per heavy atom. The van der Waals surface area contributed by atoms with Crippen LogP contribution in [-0.2, 0) is 9.63 Å². The van der Waals surface area contributed by atoms with E-state index in [1.165, 1.54) is 12.4 Å². The third kappa shape index (κ3) is 5.99. The predicted octanol–water partition coefficient (Wildman–Crippen LogP) is 3.42. The normalized spacial score (nSPS) is 17.6. The van der Waals surface area contributed by atoms with Gasteiger partial charge in [-0.1, -0.05) is 17.3 Å². The standard InChI is InChI=1S/C22H28N4O6S/c27-11-12-31-20-14-23-19(13-24-20)25-22(28)21(26-32-16-3-1-2-4-16)15-5-7-17(8-6-15)33(29,30)18-9-10-18/h5-8,13-14,16,18,27,29-30H,1-4,9-12H2,(H,23,25,28)/b26-21+. The molecule has 0 atom stereocenters. The number of hydrogen-bond acceptors (Lipinski definition) is 9. The molecule has 2 fully saturated rings. The molecule has 11 heteroatoms. The highest BCUT2D eigenvalue weighted by Crippen LogP contribution is 2.61. The van der Waals surface area contributed by atoms with Gasteiger partial charge in [-0.15, -0.1) is 0 Å². The van der Waals surface area contributed by atoms with E-state index in [2.05, 4.69) is 20.4 Å². The number of nitrogens with zero attached hydrogens (tertiary/aromatic N) is 3. The van der Waals surface area contributed by atoms with Gasteiger partial charge in [-0.05, 0) is 50.7 Å². The van der Waals surface area contributed by atoms with Crippen LogP contribution < -0.4 is 10.1 Å². The summed E-state index contributed by atoms with van der Waals surface area (Å²) in [6.45, 7) is -0.0489. The molecule has 1 aromatic carbocycles. The third-order valence-electron chi connectivity index (χ3n) is 5.49. The molecule has 2 aliphatic rings. The number of anilines is 1. The van der Waals surface area contributed by atoms with Crippen molar-refractivity contribution in [2.24, 2.45) is 5.16 Å². The van der Waals surface area contributed by atoms with E-state index in [0.717, 1.165) is 38.5 Å². The Morgan fingerprint density at radius 2 is 1.82 bits per heavy atom. The van der Waals surface area contributed by atoms with E-state index in [4.69, 9.17) is 14.7 Å². The number of ether oxygens (including phenoxy) is 1. The summed E-state index contributed by atoms with van der Waals surface area (Å²) < 4.78 is 26.1. The number of aliphatic hydroxyl groups is 1. The Kier molecular flexibility index (Phi) is 7.43. The Morgan fingerprint density at radius 3 is 2.42 bits per heavy atom. The molecule has 0 unspecified atom stereocenters. The molecule has 4 N–H and O–H groups in total. The molecule has 2 aromatic rings. The van der Waals surface area contributed by atoms with E-state index in [0.29, 0.717) is 10.5 Å². The minimum absolute atomic E-state index is 0.0309. The smallest absolute Gasteiger partial charge is 0.279 e. The predicted molar refractivity (Wildman–Crippen MR) is 124 cm³/mol. The van der Waals surface area contributed by atoms with E-state index in [1.54, 1.807) is 24.3 Å². The lowest BCUT2D eigenvalue weighted by Gasteiger charge is -2.32. The Bertz CT molecular complexity index is 973. The number of oxime groups is 1. The Hall–Kier alpha value is -2.73. The summed E-state index contributed by atoms with van der Waals surface area (Å²) in [5.41, 5.74) is 0.537. The lowest BCUT2D eigenvalue weighted by atomic mass is 10.1. The molecule has 2 saturated carbocycles. The molecule has 1 aromatic heterocycles. The molecular weight excluding hydrogens is 448 g/mol. The maximum absolute atomic E-state index is 13.0. The molecule has 2 aliphatic carbocycles. The van der Waals surface area contributed by atoms with Gasteiger partial charge in [-0.25, -0.2) is 9.97 Å². The molecular formula is C22H28N4O6S. The fourth-order valence-electron chi connectivity index (χ4n) is 3.53. The molecule has 0 radical (unpaired) electrons. The molecule has 178 valence electrons. The first-order valence-electron chi connectivity index (χ1n) is 11.0. The van der Waals surface area contributed by atoms with Gasteiger partial charge >= 0.3 is 0 Å². The summed E-state index contributed by atoms with van der Waals surface area (Å²) in [6, 6.07) is 6.52. The van der Waals surface area contributed by atoms with Crippen LogP contribution in [0.25, 0.3) is 0 Å². The average molecular weight is 477 g/mol. The number of hydrogen-bond donors (Lipinski definition) is 4. The molecule has 10 nitrogen and oxygen atoms in total. The number of aromatic nitrogens is 2. The molecule has 0 bridgehead atoms. The average Bonchev–Trinajstić information content (AvgIpc) is 3.57. The fraction of sp³-hybridized carbons (Fsp3) is 0.455. The van der Waals surface area contributed by atoms with Gasteiger partial charge in [0.15, 0.2) is 11.5 Å². The van der Waals surface area contributed by atoms with Crippen molar-refractivity contribution >= 4 is 28.0 Å². The third-order valence-corrected chi connectivity index (χ3v) is 7.85. The van der Waals surface area contributed by atoms with Gasteiger partial charge < -0.3 is 20.0 Å². The van der Waals surface area contributed by atoms with Crippen LogP contribution in [0.1, 0.15) is 44.1 Å². The zero-order valence-electron chi connectivity index (χ0n) is 18.1. The van der Waals surface area contributed by atoms with Crippen LogP contribution in [0.5, 0.6) is 5.88 Å². The summed E-state index contributed by atoms with van der Waals surface area (Å²) in [4.78, 5) is 27.3. The summed E-state index contributed by atoms with van der Waals surface area (Å²) in [5, 5.41) is 15.5. The molecule has 0 spiro atoms. The van der Waals surface area contributed by atoms with E-state index in [9.17, 15) is 13.9 Å². The van der Waals surface area contributed by atoms with Crippen molar-refractivity contribution in [1.82, 2.24) is 9.97 Å². The molecule has 0 aliphatic heterocycles. The molecule has 1 heterocycles. The minimum atomic E-state index is -2.83. The SMILES string of the molecule is O=C(Nc1cnc(OCCO)cn1)/C(=N/OC1CCCC1)c1ccc(S(O)(O)C2CC2)cc1. The topological polar surface area (TPSA) is 146 Å². The first-order valence-corrected chi connectivity index (χ1v) is 12.6. The number of carbonyl (C=O) groups excluding carboxylic acids is 1. The summed E-state index contributed by atoms with van der Waals surface area (Å²) in [6.07, 6.45) is 8.17. The van der Waals surface area contributed by atoms with Crippen molar-refractivity contribution in [2.75, 3.05) is 18.5 Å². The zero-order valence-corrected chi connectivity index (χ0v) is 18.9. The van der Waals surface area contributed by atoms with Crippen LogP contribution in [-0.4, -0.2) is 60.4 Å². The van der Waals surface area contributed by atoms with Crippen molar-refractivity contribution in [1.29, 1.82) is 0 Å². The van der Waals surface area contributed by atoms with Crippen molar-refractivity contribution in [2.45, 2.75) is 54.8 Å². The number of aliphatic hydroxyl groups excluding tert-OH is 1. The fourth-order valence-corrected chi connectivity index (χ4v) is 5.24. The summed E-state index contributed by atoms with van der Waals surface area (Å²) in [7, 11) is -2.83. The van der Waals surface area contributed by atoms with E-state index in [1.807, 2.05) is 0 Å². The van der Waals surface area contributed by atoms with Gasteiger partial charge in [-0.2, -0.15) is 10.6 Å². The Balaban J connectivity index is 1.51. The van der Waals surface area contributed by atoms with Gasteiger partial charge in [0.05, 0.1) is 29.1 Å². The number of benzene rings is 1. The number of carbonyl (C=O) groups is 1. The van der Waals surface area contributed by atoms with Crippen molar-refractivity contribution in [3.05, 3.63) is 42.2 Å². The van der Waals surface area contributed by atoms with Crippen LogP contribution >= 0.6 is 10.6 Å². The van der Waals surface area contributed by atoms with Crippen LogP contribution in [0, 0.1) is 0 Å². The van der Waals surface area contributed by atoms with Crippen LogP contribution in [0.2, 0.25) is 0 Å². The van der Waals surface area contributed by atoms with E-state index in [-0.39, 0.29) is 42.0 Å². The highest BCUT2D eigenvalue weighted by molar-refractivity contribution is 8.25. The van der Waals surface area contributed by atoms with Gasteiger partial charge in [0.25, 0.3) is 5.91 Å². The van der Waals surface area contributed by atoms with E-state index < -0.39 is 16.5 Å². The second-order valence-electron chi connectivity index (χ2n) is 8.03. The lowest BCUT2D eigenvalue weighted by molar-refractivity contribution is -0.110. The first-order chi connectivity index (χ1) is 16.0. The molecule has 4 rings (SSSR count). The first kappa shape index (κ1) is 23.4. The minimum Gasteiger partial charge on any atom is -0.474 e. The lowest BCUT2D eigenvalue weighted by Crippen LogP contribution is -2.25. The quantitative estimate of drug-likeness (QED) is 0.301. The highest BCUT2D eigenvalue weighted by Gasteiger charge is 2.37. The monoisotopic (exact) mass is 476 g/mol. The highest BCUT2D eigenvalue weighted by atomic mass is 32.3. The van der Waals surface area contributed by atoms with Crippen molar-refractivity contribution < 1.29 is 28.6 Å². The molecule has 33 heavy (non-hydrogen) atoms. The maximum Gasteiger partial charge on any atom is 0.279 e. The molecule has 0 saturated heterocycles. The van der Waals surface area contributed by atoms with Crippen molar-refractivity contribution in [3.63, 3.8) is 0 Å². The number of rotatable bonds is 10. The molecule has 1 amide bonds. The van der Waals surface area contributed by atoms with Crippen LogP contribution in [0.4, 0.5) is 5.82 Å². The Labute approximate surface area is 193 Å². The van der Waals surface area contributed by atoms with Crippen LogP contribution in [0.15, 0.2) is 46.7 Å². The van der Waals surface area contributed by atoms with Gasteiger partial charge in [0.1, 0.15) is 12.7 Å². The van der Waals surface area contributed by atoms with E-state index >= 15 is 0 Å². The summed E-state index contributed by atoms with van der Waals surface area (Å²) >= 11 is 0. The van der Waals surface area contributed by atoms with Gasteiger partial charge in [0.2, 0.25) is 5.88 Å². The largest absolute Gasteiger partial charge is 0.474 e. The summed E-state index contributed by atoms with van der Waals surface area (Å²) in [5.74, 6) is -0.108. The number of amides is 1. The second kappa shape index (κ2) is 10.5. The number of nitrogens with one attached hydrogen (secondary N) is 1. The van der Waals surface area contributed by atoms with Crippen LogP contribution in [0.3, 0.4) is 0 Å².